The topological polar surface area (TPSA) is 44.8 Å². The summed E-state index contributed by atoms with van der Waals surface area (Å²) in [5.41, 5.74) is 1.05. The van der Waals surface area contributed by atoms with Gasteiger partial charge in [-0.2, -0.15) is 0 Å². The van der Waals surface area contributed by atoms with E-state index in [0.717, 1.165) is 5.56 Å². The third-order valence-corrected chi connectivity index (χ3v) is 6.84. The third-order valence-electron chi connectivity index (χ3n) is 4.05. The van der Waals surface area contributed by atoms with Crippen molar-refractivity contribution in [3.63, 3.8) is 0 Å². The maximum atomic E-state index is 11.7. The molecule has 4 atom stereocenters. The van der Waals surface area contributed by atoms with Crippen molar-refractivity contribution in [2.75, 3.05) is 0 Å². The van der Waals surface area contributed by atoms with Gasteiger partial charge in [0, 0.05) is 0 Å². The van der Waals surface area contributed by atoms with E-state index in [4.69, 9.17) is 14.5 Å². The normalized spacial score (nSPS) is 29.8. The molecule has 0 spiro atoms. The molecule has 0 aliphatic carbocycles. The summed E-state index contributed by atoms with van der Waals surface area (Å²) in [6.07, 6.45) is -0.476. The van der Waals surface area contributed by atoms with Gasteiger partial charge in [0.25, 0.3) is 0 Å². The van der Waals surface area contributed by atoms with Crippen molar-refractivity contribution < 1.29 is 19.3 Å². The Morgan fingerprint density at radius 2 is 1.61 bits per heavy atom. The first-order valence-electron chi connectivity index (χ1n) is 7.59. The van der Waals surface area contributed by atoms with E-state index in [1.54, 1.807) is 0 Å². The Labute approximate surface area is 140 Å². The molecular formula is C18H16O4Se. The Balaban J connectivity index is 1.66. The molecule has 2 aliphatic rings. The monoisotopic (exact) mass is 376 g/mol. The Morgan fingerprint density at radius 1 is 0.913 bits per heavy atom. The fraction of sp³-hybridized carbons (Fsp3) is 0.278. The van der Waals surface area contributed by atoms with Crippen molar-refractivity contribution >= 4 is 25.4 Å². The predicted molar refractivity (Wildman–Crippen MR) is 85.2 cm³/mol. The van der Waals surface area contributed by atoms with E-state index in [2.05, 4.69) is 12.1 Å². The first-order valence-corrected chi connectivity index (χ1v) is 9.44. The Hall–Kier alpha value is -1.65. The van der Waals surface area contributed by atoms with Crippen LogP contribution in [0, 0.1) is 0 Å². The summed E-state index contributed by atoms with van der Waals surface area (Å²) >= 11 is 0.110. The number of fused-ring (bicyclic) bond motifs is 1. The zero-order chi connectivity index (χ0) is 15.6. The number of carbonyl (C=O) groups is 1. The first-order chi connectivity index (χ1) is 11.3. The van der Waals surface area contributed by atoms with E-state index in [1.165, 1.54) is 4.46 Å². The van der Waals surface area contributed by atoms with Crippen molar-refractivity contribution in [1.82, 2.24) is 0 Å². The van der Waals surface area contributed by atoms with Gasteiger partial charge in [-0.15, -0.1) is 0 Å². The molecule has 2 saturated heterocycles. The van der Waals surface area contributed by atoms with Gasteiger partial charge in [-0.05, 0) is 0 Å². The van der Waals surface area contributed by atoms with Gasteiger partial charge in [0.2, 0.25) is 0 Å². The molecule has 2 aromatic carbocycles. The molecule has 4 rings (SSSR count). The quantitative estimate of drug-likeness (QED) is 0.469. The van der Waals surface area contributed by atoms with Crippen LogP contribution in [0.2, 0.25) is 4.82 Å². The van der Waals surface area contributed by atoms with Gasteiger partial charge in [-0.25, -0.2) is 0 Å². The number of rotatable bonds is 3. The van der Waals surface area contributed by atoms with Gasteiger partial charge in [0.05, 0.1) is 0 Å². The summed E-state index contributed by atoms with van der Waals surface area (Å²) in [5, 5.41) is 0. The van der Waals surface area contributed by atoms with Crippen LogP contribution in [-0.4, -0.2) is 33.1 Å². The fourth-order valence-corrected chi connectivity index (χ4v) is 5.72. The zero-order valence-electron chi connectivity index (χ0n) is 12.3. The summed E-state index contributed by atoms with van der Waals surface area (Å²) in [6, 6.07) is 20.3. The second-order valence-corrected chi connectivity index (χ2v) is 8.24. The van der Waals surface area contributed by atoms with Crippen LogP contribution >= 0.6 is 0 Å². The van der Waals surface area contributed by atoms with E-state index in [-0.39, 0.29) is 50.5 Å². The van der Waals surface area contributed by atoms with Crippen molar-refractivity contribution in [1.29, 1.82) is 0 Å². The number of benzene rings is 2. The van der Waals surface area contributed by atoms with Crippen LogP contribution in [-0.2, 0) is 19.3 Å². The fourth-order valence-electron chi connectivity index (χ4n) is 2.95. The minimum atomic E-state index is -0.293. The molecule has 4 nitrogen and oxygen atoms in total. The second-order valence-electron chi connectivity index (χ2n) is 5.62. The summed E-state index contributed by atoms with van der Waals surface area (Å²) in [5.74, 6) is -0.203. The van der Waals surface area contributed by atoms with Gasteiger partial charge in [0.1, 0.15) is 0 Å². The molecule has 5 heteroatoms. The van der Waals surface area contributed by atoms with Crippen molar-refractivity contribution in [2.45, 2.75) is 29.5 Å². The molecule has 0 saturated carbocycles. The number of ether oxygens (including phenoxy) is 1. The molecule has 0 aromatic heterocycles. The third kappa shape index (κ3) is 3.06. The van der Waals surface area contributed by atoms with E-state index in [1.807, 2.05) is 48.5 Å². The van der Waals surface area contributed by atoms with Crippen molar-refractivity contribution in [3.05, 3.63) is 66.2 Å². The van der Waals surface area contributed by atoms with Crippen molar-refractivity contribution in [3.8, 4) is 0 Å². The van der Waals surface area contributed by atoms with E-state index in [0.29, 0.717) is 0 Å². The molecule has 0 radical (unpaired) electrons. The molecule has 1 unspecified atom stereocenters. The molecule has 118 valence electrons. The first kappa shape index (κ1) is 14.9. The molecule has 23 heavy (non-hydrogen) atoms. The van der Waals surface area contributed by atoms with E-state index < -0.39 is 0 Å². The van der Waals surface area contributed by atoms with Gasteiger partial charge in [-0.3, -0.25) is 0 Å². The van der Waals surface area contributed by atoms with Crippen molar-refractivity contribution in [2.24, 2.45) is 0 Å². The molecule has 2 fully saturated rings. The van der Waals surface area contributed by atoms with Gasteiger partial charge in [-0.1, -0.05) is 0 Å². The summed E-state index contributed by atoms with van der Waals surface area (Å²) in [7, 11) is 0. The SMILES string of the molecule is O=C1C[C@@H]2OO[C@H](c3ccccc3)C([Se]c3ccccc3)[C@@H]2O1. The minimum absolute atomic E-state index is 0.0949. The zero-order valence-corrected chi connectivity index (χ0v) is 14.0. The molecule has 0 N–H and O–H groups in total. The second kappa shape index (κ2) is 6.46. The molecule has 2 aromatic rings. The van der Waals surface area contributed by atoms with E-state index in [9.17, 15) is 4.79 Å². The average molecular weight is 375 g/mol. The summed E-state index contributed by atoms with van der Waals surface area (Å²) in [6.45, 7) is 0. The maximum absolute atomic E-state index is 11.7. The van der Waals surface area contributed by atoms with Crippen LogP contribution in [0.15, 0.2) is 60.7 Å². The molecular weight excluding hydrogens is 359 g/mol. The van der Waals surface area contributed by atoms with Crippen LogP contribution in [0.25, 0.3) is 0 Å². The predicted octanol–water partition coefficient (Wildman–Crippen LogP) is 2.19. The summed E-state index contributed by atoms with van der Waals surface area (Å²) < 4.78 is 6.84. The molecule has 2 heterocycles. The Bertz CT molecular complexity index is 676. The van der Waals surface area contributed by atoms with Crippen LogP contribution in [0.5, 0.6) is 0 Å². The number of esters is 1. The molecule has 2 aliphatic heterocycles. The van der Waals surface area contributed by atoms with Crippen LogP contribution < -0.4 is 4.46 Å². The van der Waals surface area contributed by atoms with Gasteiger partial charge < -0.3 is 0 Å². The molecule has 0 bridgehead atoms. The van der Waals surface area contributed by atoms with E-state index >= 15 is 0 Å². The van der Waals surface area contributed by atoms with Crippen LogP contribution in [0.4, 0.5) is 0 Å². The molecule has 0 amide bonds. The average Bonchev–Trinajstić information content (AvgIpc) is 2.98. The Morgan fingerprint density at radius 3 is 2.35 bits per heavy atom. The number of hydrogen-bond acceptors (Lipinski definition) is 4. The van der Waals surface area contributed by atoms with Gasteiger partial charge in [0.15, 0.2) is 0 Å². The van der Waals surface area contributed by atoms with Crippen LogP contribution in [0.3, 0.4) is 0 Å². The number of hydrogen-bond donors (Lipinski definition) is 0. The van der Waals surface area contributed by atoms with Crippen LogP contribution in [0.1, 0.15) is 18.1 Å². The summed E-state index contributed by atoms with van der Waals surface area (Å²) in [4.78, 5) is 23.0. The standard InChI is InChI=1S/C18H16O4Se/c19-15-11-14-17(20-15)18(23-13-9-5-2-6-10-13)16(22-21-14)12-7-3-1-4-8-12/h1-10,14,16-18H,11H2/t14-,16+,17+,18?/m0/s1. The number of carbonyl (C=O) groups excluding carboxylic acids is 1. The Kier molecular flexibility index (Phi) is 4.19. The van der Waals surface area contributed by atoms with Gasteiger partial charge >= 0.3 is 140 Å².